The summed E-state index contributed by atoms with van der Waals surface area (Å²) in [5.74, 6) is 0.00446. The van der Waals surface area contributed by atoms with Crippen LogP contribution in [0.4, 0.5) is 0 Å². The summed E-state index contributed by atoms with van der Waals surface area (Å²) in [6.45, 7) is 0. The standard InChI is InChI=1S/C9H11ClN2O3S/c10-9-8(15-16(11,13)14)5-6-3-1-2-4-7(6)12-9/h5H,1-4H2,(H2,11,13,14). The predicted molar refractivity (Wildman–Crippen MR) is 59.6 cm³/mol. The minimum Gasteiger partial charge on any atom is -0.368 e. The summed E-state index contributed by atoms with van der Waals surface area (Å²) in [6.07, 6.45) is 3.86. The predicted octanol–water partition coefficient (Wildman–Crippen LogP) is 1.20. The zero-order valence-corrected chi connectivity index (χ0v) is 10.0. The first-order valence-electron chi connectivity index (χ1n) is 4.86. The second kappa shape index (κ2) is 4.20. The van der Waals surface area contributed by atoms with Gasteiger partial charge in [-0.1, -0.05) is 11.6 Å². The van der Waals surface area contributed by atoms with Crippen LogP contribution in [0.3, 0.4) is 0 Å². The lowest BCUT2D eigenvalue weighted by atomic mass is 9.96. The van der Waals surface area contributed by atoms with E-state index in [0.717, 1.165) is 36.9 Å². The molecular formula is C9H11ClN2O3S. The maximum atomic E-state index is 10.8. The number of hydrogen-bond donors (Lipinski definition) is 1. The van der Waals surface area contributed by atoms with E-state index in [0.29, 0.717) is 0 Å². The molecule has 0 atom stereocenters. The van der Waals surface area contributed by atoms with E-state index in [1.165, 1.54) is 0 Å². The summed E-state index contributed by atoms with van der Waals surface area (Å²) in [6, 6.07) is 1.61. The van der Waals surface area contributed by atoms with Gasteiger partial charge in [-0.05, 0) is 37.3 Å². The molecule has 16 heavy (non-hydrogen) atoms. The van der Waals surface area contributed by atoms with Crippen molar-refractivity contribution in [2.24, 2.45) is 5.14 Å². The molecule has 1 aromatic rings. The molecule has 0 fully saturated rings. The Morgan fingerprint density at radius 3 is 2.75 bits per heavy atom. The van der Waals surface area contributed by atoms with Crippen LogP contribution in [0.1, 0.15) is 24.1 Å². The van der Waals surface area contributed by atoms with E-state index in [2.05, 4.69) is 9.17 Å². The molecule has 1 aliphatic rings. The van der Waals surface area contributed by atoms with Gasteiger partial charge in [-0.2, -0.15) is 13.6 Å². The fourth-order valence-corrected chi connectivity index (χ4v) is 2.39. The van der Waals surface area contributed by atoms with Crippen molar-refractivity contribution in [3.8, 4) is 5.75 Å². The molecule has 0 unspecified atom stereocenters. The zero-order chi connectivity index (χ0) is 11.8. The van der Waals surface area contributed by atoms with Crippen LogP contribution in [0.15, 0.2) is 6.07 Å². The van der Waals surface area contributed by atoms with Gasteiger partial charge in [-0.25, -0.2) is 4.98 Å². The van der Waals surface area contributed by atoms with E-state index in [1.807, 2.05) is 0 Å². The van der Waals surface area contributed by atoms with Crippen LogP contribution in [0.2, 0.25) is 5.15 Å². The number of aryl methyl sites for hydroxylation is 2. The van der Waals surface area contributed by atoms with E-state index in [1.54, 1.807) is 6.07 Å². The molecule has 2 N–H and O–H groups in total. The smallest absolute Gasteiger partial charge is 0.368 e. The van der Waals surface area contributed by atoms with E-state index in [-0.39, 0.29) is 10.9 Å². The van der Waals surface area contributed by atoms with Crippen molar-refractivity contribution >= 4 is 21.9 Å². The molecule has 0 bridgehead atoms. The Morgan fingerprint density at radius 1 is 1.38 bits per heavy atom. The summed E-state index contributed by atoms with van der Waals surface area (Å²) < 4.78 is 26.1. The summed E-state index contributed by atoms with van der Waals surface area (Å²) in [5, 5.41) is 4.81. The van der Waals surface area contributed by atoms with Crippen LogP contribution in [-0.2, 0) is 23.1 Å². The third kappa shape index (κ3) is 2.63. The Labute approximate surface area is 98.8 Å². The molecule has 2 rings (SSSR count). The molecule has 1 aromatic heterocycles. The molecule has 1 aliphatic carbocycles. The average molecular weight is 263 g/mol. The third-order valence-corrected chi connectivity index (χ3v) is 3.11. The number of nitrogens with zero attached hydrogens (tertiary/aromatic N) is 1. The van der Waals surface area contributed by atoms with Crippen LogP contribution in [0.5, 0.6) is 5.75 Å². The summed E-state index contributed by atoms with van der Waals surface area (Å²) in [7, 11) is -4.05. The first kappa shape index (κ1) is 11.6. The molecule has 0 aliphatic heterocycles. The van der Waals surface area contributed by atoms with Gasteiger partial charge in [0.05, 0.1) is 0 Å². The van der Waals surface area contributed by atoms with Gasteiger partial charge in [0, 0.05) is 5.69 Å². The van der Waals surface area contributed by atoms with E-state index >= 15 is 0 Å². The molecule has 1 heterocycles. The number of aromatic nitrogens is 1. The highest BCUT2D eigenvalue weighted by atomic mass is 35.5. The van der Waals surface area contributed by atoms with Crippen LogP contribution in [0, 0.1) is 0 Å². The van der Waals surface area contributed by atoms with Gasteiger partial charge in [0.15, 0.2) is 10.9 Å². The lowest BCUT2D eigenvalue weighted by Gasteiger charge is -2.16. The maximum absolute atomic E-state index is 10.8. The van der Waals surface area contributed by atoms with Crippen molar-refractivity contribution in [2.45, 2.75) is 25.7 Å². The van der Waals surface area contributed by atoms with Gasteiger partial charge in [0.2, 0.25) is 0 Å². The average Bonchev–Trinajstić information content (AvgIpc) is 2.17. The molecule has 0 amide bonds. The van der Waals surface area contributed by atoms with Crippen molar-refractivity contribution in [3.05, 3.63) is 22.5 Å². The second-order valence-electron chi connectivity index (χ2n) is 3.67. The molecule has 0 saturated carbocycles. The monoisotopic (exact) mass is 262 g/mol. The topological polar surface area (TPSA) is 82.3 Å². The van der Waals surface area contributed by atoms with Gasteiger partial charge >= 0.3 is 10.3 Å². The second-order valence-corrected chi connectivity index (χ2v) is 5.18. The maximum Gasteiger partial charge on any atom is 0.380 e. The Balaban J connectivity index is 2.40. The van der Waals surface area contributed by atoms with Crippen molar-refractivity contribution in [1.29, 1.82) is 0 Å². The van der Waals surface area contributed by atoms with E-state index < -0.39 is 10.3 Å². The van der Waals surface area contributed by atoms with E-state index in [4.69, 9.17) is 16.7 Å². The Bertz CT molecular complexity index is 516. The molecule has 0 aromatic carbocycles. The minimum absolute atomic E-state index is 0.00446. The van der Waals surface area contributed by atoms with Crippen LogP contribution >= 0.6 is 11.6 Å². The van der Waals surface area contributed by atoms with Gasteiger partial charge < -0.3 is 4.18 Å². The highest BCUT2D eigenvalue weighted by Crippen LogP contribution is 2.29. The highest BCUT2D eigenvalue weighted by molar-refractivity contribution is 7.84. The lowest BCUT2D eigenvalue weighted by Crippen LogP contribution is -2.20. The van der Waals surface area contributed by atoms with Gasteiger partial charge in [-0.15, -0.1) is 0 Å². The van der Waals surface area contributed by atoms with Crippen LogP contribution in [0.25, 0.3) is 0 Å². The Kier molecular flexibility index (Phi) is 3.05. The number of pyridine rings is 1. The number of nitrogens with two attached hydrogens (primary N) is 1. The van der Waals surface area contributed by atoms with Gasteiger partial charge in [-0.3, -0.25) is 0 Å². The first-order valence-corrected chi connectivity index (χ1v) is 6.71. The van der Waals surface area contributed by atoms with Gasteiger partial charge in [0.25, 0.3) is 0 Å². The number of halogens is 1. The SMILES string of the molecule is NS(=O)(=O)Oc1cc2c(nc1Cl)CCCC2. The fourth-order valence-electron chi connectivity index (χ4n) is 1.77. The van der Waals surface area contributed by atoms with Crippen molar-refractivity contribution in [1.82, 2.24) is 4.98 Å². The molecule has 0 spiro atoms. The lowest BCUT2D eigenvalue weighted by molar-refractivity contribution is 0.485. The number of fused-ring (bicyclic) bond motifs is 1. The molecule has 0 saturated heterocycles. The molecule has 0 radical (unpaired) electrons. The van der Waals surface area contributed by atoms with Crippen molar-refractivity contribution in [3.63, 3.8) is 0 Å². The Morgan fingerprint density at radius 2 is 2.06 bits per heavy atom. The van der Waals surface area contributed by atoms with E-state index in [9.17, 15) is 8.42 Å². The molecule has 7 heteroatoms. The van der Waals surface area contributed by atoms with Crippen LogP contribution < -0.4 is 9.32 Å². The molecule has 5 nitrogen and oxygen atoms in total. The van der Waals surface area contributed by atoms with Gasteiger partial charge in [0.1, 0.15) is 0 Å². The normalized spacial score (nSPS) is 15.6. The summed E-state index contributed by atoms with van der Waals surface area (Å²) >= 11 is 5.81. The summed E-state index contributed by atoms with van der Waals surface area (Å²) in [4.78, 5) is 4.12. The van der Waals surface area contributed by atoms with Crippen molar-refractivity contribution in [2.75, 3.05) is 0 Å². The largest absolute Gasteiger partial charge is 0.380 e. The van der Waals surface area contributed by atoms with Crippen molar-refractivity contribution < 1.29 is 12.6 Å². The Hall–Kier alpha value is -0.850. The summed E-state index contributed by atoms with van der Waals surface area (Å²) in [5.41, 5.74) is 1.90. The minimum atomic E-state index is -4.05. The fraction of sp³-hybridized carbons (Fsp3) is 0.444. The highest BCUT2D eigenvalue weighted by Gasteiger charge is 2.17. The number of rotatable bonds is 2. The quantitative estimate of drug-likeness (QED) is 0.812. The molecular weight excluding hydrogens is 252 g/mol. The molecule has 88 valence electrons. The zero-order valence-electron chi connectivity index (χ0n) is 8.44. The first-order chi connectivity index (χ1) is 7.46. The number of hydrogen-bond acceptors (Lipinski definition) is 4. The third-order valence-electron chi connectivity index (χ3n) is 2.43. The van der Waals surface area contributed by atoms with Crippen LogP contribution in [-0.4, -0.2) is 13.4 Å².